The first-order chi connectivity index (χ1) is 13.3. The van der Waals surface area contributed by atoms with Crippen LogP contribution >= 0.6 is 0 Å². The number of amides is 1. The van der Waals surface area contributed by atoms with E-state index in [2.05, 4.69) is 25.4 Å². The number of aromatic nitrogens is 5. The summed E-state index contributed by atoms with van der Waals surface area (Å²) in [5.74, 6) is -0.960. The molecular weight excluding hydrogens is 364 g/mol. The van der Waals surface area contributed by atoms with Gasteiger partial charge in [-0.25, -0.2) is 24.2 Å². The van der Waals surface area contributed by atoms with Crippen molar-refractivity contribution in [3.8, 4) is 17.1 Å². The van der Waals surface area contributed by atoms with Crippen LogP contribution < -0.4 is 5.32 Å². The maximum absolute atomic E-state index is 11.6. The van der Waals surface area contributed by atoms with Crippen LogP contribution in [0.4, 0.5) is 10.6 Å². The minimum absolute atomic E-state index is 0.139. The zero-order valence-corrected chi connectivity index (χ0v) is 15.4. The molecule has 0 aliphatic carbocycles. The Morgan fingerprint density at radius 3 is 2.50 bits per heavy atom. The molecule has 1 amide bonds. The van der Waals surface area contributed by atoms with Gasteiger partial charge in [0, 0.05) is 11.8 Å². The van der Waals surface area contributed by atoms with E-state index in [4.69, 9.17) is 4.74 Å². The van der Waals surface area contributed by atoms with Crippen molar-refractivity contribution in [3.05, 3.63) is 48.2 Å². The van der Waals surface area contributed by atoms with Gasteiger partial charge in [-0.3, -0.25) is 10.3 Å². The lowest BCUT2D eigenvalue weighted by atomic mass is 10.2. The largest absolute Gasteiger partial charge is 0.476 e. The van der Waals surface area contributed by atoms with Gasteiger partial charge in [0.25, 0.3) is 0 Å². The van der Waals surface area contributed by atoms with Crippen molar-refractivity contribution in [1.29, 1.82) is 0 Å². The van der Waals surface area contributed by atoms with Gasteiger partial charge in [0.1, 0.15) is 5.69 Å². The van der Waals surface area contributed by atoms with Crippen LogP contribution in [0, 0.1) is 6.92 Å². The van der Waals surface area contributed by atoms with Gasteiger partial charge < -0.3 is 9.84 Å². The molecule has 0 bridgehead atoms. The Morgan fingerprint density at radius 2 is 1.93 bits per heavy atom. The SMILES string of the molecule is Cc1ccc(-n2nc(C(=O)O)cc2-c2cnc(NC(=O)OC(C)C)cn2)cn1. The van der Waals surface area contributed by atoms with Gasteiger partial charge in [-0.1, -0.05) is 0 Å². The maximum atomic E-state index is 11.6. The molecule has 3 heterocycles. The number of carbonyl (C=O) groups excluding carboxylic acids is 1. The number of rotatable bonds is 5. The van der Waals surface area contributed by atoms with E-state index >= 15 is 0 Å². The van der Waals surface area contributed by atoms with Crippen LogP contribution in [-0.2, 0) is 4.74 Å². The quantitative estimate of drug-likeness (QED) is 0.688. The van der Waals surface area contributed by atoms with Crippen molar-refractivity contribution in [3.63, 3.8) is 0 Å². The third-order valence-electron chi connectivity index (χ3n) is 3.56. The lowest BCUT2D eigenvalue weighted by Crippen LogP contribution is -2.18. The lowest BCUT2D eigenvalue weighted by molar-refractivity contribution is 0.0690. The summed E-state index contributed by atoms with van der Waals surface area (Å²) in [6.45, 7) is 5.31. The minimum atomic E-state index is -1.16. The first-order valence-corrected chi connectivity index (χ1v) is 8.40. The molecule has 10 nitrogen and oxygen atoms in total. The standard InChI is InChI=1S/C18H18N6O4/c1-10(2)28-18(27)22-16-9-20-14(8-21-16)15-6-13(17(25)26)23-24(15)12-5-4-11(3)19-7-12/h4-10H,1-3H3,(H,25,26)(H,21,22,27). The molecule has 0 spiro atoms. The van der Waals surface area contributed by atoms with E-state index in [0.29, 0.717) is 17.1 Å². The van der Waals surface area contributed by atoms with E-state index in [-0.39, 0.29) is 17.6 Å². The zero-order chi connectivity index (χ0) is 20.3. The number of aryl methyl sites for hydroxylation is 1. The molecule has 0 radical (unpaired) electrons. The van der Waals surface area contributed by atoms with Crippen molar-refractivity contribution < 1.29 is 19.4 Å². The zero-order valence-electron chi connectivity index (χ0n) is 15.4. The van der Waals surface area contributed by atoms with Gasteiger partial charge in [0.15, 0.2) is 11.5 Å². The molecule has 0 saturated heterocycles. The molecule has 0 aliphatic rings. The third kappa shape index (κ3) is 4.29. The number of carboxylic acids is 1. The Labute approximate surface area is 160 Å². The maximum Gasteiger partial charge on any atom is 0.413 e. The molecule has 3 rings (SSSR count). The van der Waals surface area contributed by atoms with Gasteiger partial charge in [0.05, 0.1) is 36.1 Å². The average Bonchev–Trinajstić information content (AvgIpc) is 3.08. The second kappa shape index (κ2) is 7.82. The average molecular weight is 382 g/mol. The number of nitrogens with zero attached hydrogens (tertiary/aromatic N) is 5. The van der Waals surface area contributed by atoms with Crippen LogP contribution in [-0.4, -0.2) is 48.0 Å². The number of ether oxygens (including phenoxy) is 1. The van der Waals surface area contributed by atoms with Gasteiger partial charge in [-0.2, -0.15) is 5.10 Å². The summed E-state index contributed by atoms with van der Waals surface area (Å²) in [7, 11) is 0. The fourth-order valence-corrected chi connectivity index (χ4v) is 2.32. The normalized spacial score (nSPS) is 10.7. The van der Waals surface area contributed by atoms with Crippen LogP contribution in [0.25, 0.3) is 17.1 Å². The molecule has 0 atom stereocenters. The number of carbonyl (C=O) groups is 2. The monoisotopic (exact) mass is 382 g/mol. The van der Waals surface area contributed by atoms with Gasteiger partial charge >= 0.3 is 12.1 Å². The number of aromatic carboxylic acids is 1. The van der Waals surface area contributed by atoms with Crippen molar-refractivity contribution in [2.75, 3.05) is 5.32 Å². The fraction of sp³-hybridized carbons (Fsp3) is 0.222. The molecule has 0 saturated carbocycles. The third-order valence-corrected chi connectivity index (χ3v) is 3.56. The molecular formula is C18H18N6O4. The van der Waals surface area contributed by atoms with E-state index in [9.17, 15) is 14.7 Å². The Kier molecular flexibility index (Phi) is 5.30. The number of carboxylic acid groups (broad SMARTS) is 1. The Hall–Kier alpha value is -3.82. The predicted molar refractivity (Wildman–Crippen MR) is 99.3 cm³/mol. The first kappa shape index (κ1) is 19.0. The van der Waals surface area contributed by atoms with Crippen molar-refractivity contribution in [1.82, 2.24) is 24.7 Å². The summed E-state index contributed by atoms with van der Waals surface area (Å²) < 4.78 is 6.41. The Bertz CT molecular complexity index is 996. The second-order valence-corrected chi connectivity index (χ2v) is 6.16. The number of anilines is 1. The highest BCUT2D eigenvalue weighted by Gasteiger charge is 2.17. The number of hydrogen-bond donors (Lipinski definition) is 2. The van der Waals surface area contributed by atoms with E-state index < -0.39 is 12.1 Å². The van der Waals surface area contributed by atoms with Crippen LogP contribution in [0.5, 0.6) is 0 Å². The summed E-state index contributed by atoms with van der Waals surface area (Å²) in [5.41, 5.74) is 2.06. The van der Waals surface area contributed by atoms with E-state index in [1.54, 1.807) is 32.2 Å². The van der Waals surface area contributed by atoms with Gasteiger partial charge in [-0.05, 0) is 32.9 Å². The number of nitrogens with one attached hydrogen (secondary N) is 1. The summed E-state index contributed by atoms with van der Waals surface area (Å²) >= 11 is 0. The van der Waals surface area contributed by atoms with Crippen molar-refractivity contribution in [2.24, 2.45) is 0 Å². The van der Waals surface area contributed by atoms with Crippen LogP contribution in [0.1, 0.15) is 30.0 Å². The van der Waals surface area contributed by atoms with E-state index in [0.717, 1.165) is 5.69 Å². The lowest BCUT2D eigenvalue weighted by Gasteiger charge is -2.09. The molecule has 2 N–H and O–H groups in total. The highest BCUT2D eigenvalue weighted by atomic mass is 16.6. The van der Waals surface area contributed by atoms with Crippen LogP contribution in [0.2, 0.25) is 0 Å². The van der Waals surface area contributed by atoms with Crippen molar-refractivity contribution >= 4 is 17.9 Å². The number of hydrogen-bond acceptors (Lipinski definition) is 7. The molecule has 0 fully saturated rings. The summed E-state index contributed by atoms with van der Waals surface area (Å²) in [5, 5.41) is 15.9. The Morgan fingerprint density at radius 1 is 1.14 bits per heavy atom. The molecule has 0 unspecified atom stereocenters. The molecule has 10 heteroatoms. The fourth-order valence-electron chi connectivity index (χ4n) is 2.32. The van der Waals surface area contributed by atoms with Crippen LogP contribution in [0.3, 0.4) is 0 Å². The highest BCUT2D eigenvalue weighted by Crippen LogP contribution is 2.22. The highest BCUT2D eigenvalue weighted by molar-refractivity contribution is 5.87. The first-order valence-electron chi connectivity index (χ1n) is 8.40. The van der Waals surface area contributed by atoms with E-state index in [1.807, 2.05) is 6.92 Å². The minimum Gasteiger partial charge on any atom is -0.476 e. The van der Waals surface area contributed by atoms with Crippen LogP contribution in [0.15, 0.2) is 36.8 Å². The molecule has 3 aromatic heterocycles. The molecule has 3 aromatic rings. The molecule has 0 aromatic carbocycles. The predicted octanol–water partition coefficient (Wildman–Crippen LogP) is 2.69. The van der Waals surface area contributed by atoms with Gasteiger partial charge in [0.2, 0.25) is 0 Å². The molecule has 144 valence electrons. The van der Waals surface area contributed by atoms with E-state index in [1.165, 1.54) is 23.1 Å². The number of pyridine rings is 1. The topological polar surface area (TPSA) is 132 Å². The summed E-state index contributed by atoms with van der Waals surface area (Å²) in [6.07, 6.45) is 3.44. The summed E-state index contributed by atoms with van der Waals surface area (Å²) in [6, 6.07) is 4.96. The second-order valence-electron chi connectivity index (χ2n) is 6.16. The van der Waals surface area contributed by atoms with Gasteiger partial charge in [-0.15, -0.1) is 0 Å². The van der Waals surface area contributed by atoms with Crippen molar-refractivity contribution in [2.45, 2.75) is 26.9 Å². The smallest absolute Gasteiger partial charge is 0.413 e. The molecule has 28 heavy (non-hydrogen) atoms. The Balaban J connectivity index is 1.93. The summed E-state index contributed by atoms with van der Waals surface area (Å²) in [4.78, 5) is 35.6. The molecule has 0 aliphatic heterocycles.